The third-order valence-electron chi connectivity index (χ3n) is 5.17. The third kappa shape index (κ3) is 4.49. The van der Waals surface area contributed by atoms with E-state index in [-0.39, 0.29) is 5.91 Å². The molecule has 3 aromatic carbocycles. The van der Waals surface area contributed by atoms with Gasteiger partial charge in [0, 0.05) is 23.1 Å². The number of fused-ring (bicyclic) bond motifs is 1. The predicted molar refractivity (Wildman–Crippen MR) is 132 cm³/mol. The van der Waals surface area contributed by atoms with E-state index < -0.39 is 0 Å². The summed E-state index contributed by atoms with van der Waals surface area (Å²) < 4.78 is 0. The van der Waals surface area contributed by atoms with E-state index in [1.807, 2.05) is 66.7 Å². The second-order valence-electron chi connectivity index (χ2n) is 7.56. The fraction of sp³-hybridized carbons (Fsp3) is 0.115. The number of anilines is 1. The maximum Gasteiger partial charge on any atom is 0.257 e. The fourth-order valence-corrected chi connectivity index (χ4v) is 4.41. The zero-order chi connectivity index (χ0) is 22.6. The summed E-state index contributed by atoms with van der Waals surface area (Å²) in [5.41, 5.74) is 5.43. The second-order valence-corrected chi connectivity index (χ2v) is 8.62. The van der Waals surface area contributed by atoms with Gasteiger partial charge in [0.1, 0.15) is 5.01 Å². The highest BCUT2D eigenvalue weighted by Crippen LogP contribution is 2.31. The largest absolute Gasteiger partial charge is 0.296 e. The fourth-order valence-electron chi connectivity index (χ4n) is 3.58. The molecule has 162 valence electrons. The summed E-state index contributed by atoms with van der Waals surface area (Å²) in [6, 6.07) is 25.3. The van der Waals surface area contributed by atoms with E-state index in [9.17, 15) is 4.79 Å². The number of carbonyl (C=O) groups is 1. The van der Waals surface area contributed by atoms with Crippen LogP contribution in [0.3, 0.4) is 0 Å². The molecule has 0 unspecified atom stereocenters. The van der Waals surface area contributed by atoms with Crippen molar-refractivity contribution in [1.29, 1.82) is 0 Å². The Bertz CT molecular complexity index is 1420. The zero-order valence-electron chi connectivity index (χ0n) is 18.0. The average molecular weight is 452 g/mol. The van der Waals surface area contributed by atoms with E-state index >= 15 is 0 Å². The standard InChI is InChI=1S/C26H21N5OS/c1-2-9-22-30-31-26(33-22)29-25(32)19-14-15-20-21(16-19)28-24(18-12-7-4-8-13-18)23(27-20)17-10-5-3-6-11-17/h3-8,10-16H,2,9H2,1H3,(H,29,31,32). The van der Waals surface area contributed by atoms with E-state index in [1.165, 1.54) is 11.3 Å². The molecule has 0 spiro atoms. The van der Waals surface area contributed by atoms with Crippen molar-refractivity contribution in [2.45, 2.75) is 19.8 Å². The number of hydrogen-bond acceptors (Lipinski definition) is 6. The van der Waals surface area contributed by atoms with Gasteiger partial charge in [-0.25, -0.2) is 9.97 Å². The normalized spacial score (nSPS) is 10.9. The second kappa shape index (κ2) is 9.26. The molecule has 0 aliphatic carbocycles. The number of benzene rings is 3. The molecule has 1 amide bonds. The van der Waals surface area contributed by atoms with E-state index in [0.29, 0.717) is 16.2 Å². The minimum absolute atomic E-state index is 0.244. The van der Waals surface area contributed by atoms with E-state index in [0.717, 1.165) is 45.9 Å². The number of carbonyl (C=O) groups excluding carboxylic acids is 1. The summed E-state index contributed by atoms with van der Waals surface area (Å²) in [5, 5.41) is 12.4. The van der Waals surface area contributed by atoms with E-state index in [1.54, 1.807) is 12.1 Å². The predicted octanol–water partition coefficient (Wildman–Crippen LogP) is 6.02. The maximum atomic E-state index is 12.8. The molecule has 5 rings (SSSR count). The van der Waals surface area contributed by atoms with Crippen LogP contribution in [0.1, 0.15) is 28.7 Å². The number of nitrogens with one attached hydrogen (secondary N) is 1. The number of aromatic nitrogens is 4. The van der Waals surface area contributed by atoms with Crippen LogP contribution in [0.4, 0.5) is 5.13 Å². The van der Waals surface area contributed by atoms with Crippen LogP contribution in [0.25, 0.3) is 33.5 Å². The molecule has 0 saturated heterocycles. The molecule has 0 fully saturated rings. The highest BCUT2D eigenvalue weighted by Gasteiger charge is 2.15. The van der Waals surface area contributed by atoms with Crippen LogP contribution in [0.15, 0.2) is 78.9 Å². The lowest BCUT2D eigenvalue weighted by molar-refractivity contribution is 0.102. The average Bonchev–Trinajstić information content (AvgIpc) is 3.31. The van der Waals surface area contributed by atoms with Crippen LogP contribution >= 0.6 is 11.3 Å². The molecule has 0 aliphatic rings. The number of rotatable bonds is 6. The van der Waals surface area contributed by atoms with Crippen LogP contribution in [0.2, 0.25) is 0 Å². The summed E-state index contributed by atoms with van der Waals surface area (Å²) in [4.78, 5) is 22.7. The van der Waals surface area contributed by atoms with Gasteiger partial charge in [-0.15, -0.1) is 10.2 Å². The number of hydrogen-bond donors (Lipinski definition) is 1. The summed E-state index contributed by atoms with van der Waals surface area (Å²) in [5.74, 6) is -0.244. The molecule has 0 saturated carbocycles. The van der Waals surface area contributed by atoms with Crippen molar-refractivity contribution in [1.82, 2.24) is 20.2 Å². The highest BCUT2D eigenvalue weighted by atomic mass is 32.1. The molecule has 6 nitrogen and oxygen atoms in total. The molecule has 0 atom stereocenters. The van der Waals surface area contributed by atoms with Crippen molar-refractivity contribution in [3.63, 3.8) is 0 Å². The molecule has 1 N–H and O–H groups in total. The van der Waals surface area contributed by atoms with Gasteiger partial charge in [0.25, 0.3) is 5.91 Å². The minimum atomic E-state index is -0.244. The topological polar surface area (TPSA) is 80.7 Å². The van der Waals surface area contributed by atoms with Gasteiger partial charge in [-0.3, -0.25) is 10.1 Å². The highest BCUT2D eigenvalue weighted by molar-refractivity contribution is 7.15. The number of aryl methyl sites for hydroxylation is 1. The Morgan fingerprint density at radius 3 is 2.09 bits per heavy atom. The van der Waals surface area contributed by atoms with Gasteiger partial charge in [-0.05, 0) is 24.6 Å². The SMILES string of the molecule is CCCc1nnc(NC(=O)c2ccc3nc(-c4ccccc4)c(-c4ccccc4)nc3c2)s1. The van der Waals surface area contributed by atoms with Crippen LogP contribution in [-0.2, 0) is 6.42 Å². The Morgan fingerprint density at radius 2 is 1.45 bits per heavy atom. The molecular weight excluding hydrogens is 430 g/mol. The van der Waals surface area contributed by atoms with Crippen molar-refractivity contribution >= 4 is 33.4 Å². The Balaban J connectivity index is 1.54. The molecule has 7 heteroatoms. The van der Waals surface area contributed by atoms with Gasteiger partial charge in [-0.1, -0.05) is 78.9 Å². The van der Waals surface area contributed by atoms with Crippen LogP contribution < -0.4 is 5.32 Å². The van der Waals surface area contributed by atoms with Crippen LogP contribution in [0, 0.1) is 0 Å². The Morgan fingerprint density at radius 1 is 0.818 bits per heavy atom. The smallest absolute Gasteiger partial charge is 0.257 e. The van der Waals surface area contributed by atoms with Crippen molar-refractivity contribution in [2.75, 3.05) is 5.32 Å². The van der Waals surface area contributed by atoms with Crippen LogP contribution in [0.5, 0.6) is 0 Å². The monoisotopic (exact) mass is 451 g/mol. The van der Waals surface area contributed by atoms with Gasteiger partial charge >= 0.3 is 0 Å². The van der Waals surface area contributed by atoms with Gasteiger partial charge in [0.05, 0.1) is 22.4 Å². The number of amides is 1. The molecule has 2 heterocycles. The zero-order valence-corrected chi connectivity index (χ0v) is 18.8. The molecular formula is C26H21N5OS. The molecule has 2 aromatic heterocycles. The lowest BCUT2D eigenvalue weighted by Crippen LogP contribution is -2.11. The summed E-state index contributed by atoms with van der Waals surface area (Å²) in [7, 11) is 0. The summed E-state index contributed by atoms with van der Waals surface area (Å²) in [6.45, 7) is 2.09. The first-order valence-electron chi connectivity index (χ1n) is 10.8. The van der Waals surface area contributed by atoms with Gasteiger partial charge < -0.3 is 0 Å². The molecule has 5 aromatic rings. The first-order chi connectivity index (χ1) is 16.2. The van der Waals surface area contributed by atoms with Gasteiger partial charge in [0.15, 0.2) is 0 Å². The Labute approximate surface area is 195 Å². The van der Waals surface area contributed by atoms with E-state index in [4.69, 9.17) is 9.97 Å². The van der Waals surface area contributed by atoms with Gasteiger partial charge in [0.2, 0.25) is 5.13 Å². The summed E-state index contributed by atoms with van der Waals surface area (Å²) >= 11 is 1.40. The maximum absolute atomic E-state index is 12.8. The lowest BCUT2D eigenvalue weighted by atomic mass is 10.0. The minimum Gasteiger partial charge on any atom is -0.296 e. The Kier molecular flexibility index (Phi) is 5.87. The Hall–Kier alpha value is -3.97. The van der Waals surface area contributed by atoms with Gasteiger partial charge in [-0.2, -0.15) is 0 Å². The molecule has 0 aliphatic heterocycles. The lowest BCUT2D eigenvalue weighted by Gasteiger charge is -2.11. The van der Waals surface area contributed by atoms with E-state index in [2.05, 4.69) is 22.4 Å². The van der Waals surface area contributed by atoms with Crippen molar-refractivity contribution in [2.24, 2.45) is 0 Å². The number of nitrogens with zero attached hydrogens (tertiary/aromatic N) is 4. The quantitative estimate of drug-likeness (QED) is 0.341. The van der Waals surface area contributed by atoms with Crippen molar-refractivity contribution < 1.29 is 4.79 Å². The van der Waals surface area contributed by atoms with Crippen LogP contribution in [-0.4, -0.2) is 26.1 Å². The van der Waals surface area contributed by atoms with Crippen molar-refractivity contribution in [3.8, 4) is 22.5 Å². The molecule has 0 bridgehead atoms. The van der Waals surface area contributed by atoms with Crippen molar-refractivity contribution in [3.05, 3.63) is 89.4 Å². The first kappa shape index (κ1) is 20.9. The molecule has 33 heavy (non-hydrogen) atoms. The summed E-state index contributed by atoms with van der Waals surface area (Å²) in [6.07, 6.45) is 1.84. The first-order valence-corrected chi connectivity index (χ1v) is 11.6. The molecule has 0 radical (unpaired) electrons. The third-order valence-corrected chi connectivity index (χ3v) is 6.07.